The average Bonchev–Trinajstić information content (AvgIpc) is 2.27. The summed E-state index contributed by atoms with van der Waals surface area (Å²) in [6.45, 7) is 3.73. The fourth-order valence-corrected chi connectivity index (χ4v) is 2.88. The summed E-state index contributed by atoms with van der Waals surface area (Å²) in [6.07, 6.45) is 1.37. The van der Waals surface area contributed by atoms with Crippen LogP contribution in [0.2, 0.25) is 0 Å². The molecule has 0 unspecified atom stereocenters. The third-order valence-corrected chi connectivity index (χ3v) is 3.80. The smallest absolute Gasteiger partial charge is 0.241 e. The number of nitrogen functional groups attached to an aromatic ring is 1. The van der Waals surface area contributed by atoms with Gasteiger partial charge in [0.15, 0.2) is 0 Å². The van der Waals surface area contributed by atoms with E-state index < -0.39 is 15.6 Å². The average molecular weight is 274 g/mol. The molecule has 0 saturated heterocycles. The summed E-state index contributed by atoms with van der Waals surface area (Å²) in [7, 11) is -2.13. The molecule has 1 aromatic rings. The molecule has 0 aliphatic carbocycles. The number of anilines is 1. The number of nitrogens with two attached hydrogens (primary N) is 1. The van der Waals surface area contributed by atoms with Crippen molar-refractivity contribution < 1.29 is 13.2 Å². The SMILES string of the molecule is COCC(C)(C)NS(=O)(=O)c1ccnc(NN)c1. The molecular weight excluding hydrogens is 256 g/mol. The number of hydrazine groups is 1. The number of nitrogens with one attached hydrogen (secondary N) is 2. The van der Waals surface area contributed by atoms with Crippen molar-refractivity contribution in [3.8, 4) is 0 Å². The van der Waals surface area contributed by atoms with E-state index >= 15 is 0 Å². The third kappa shape index (κ3) is 3.91. The number of rotatable bonds is 6. The van der Waals surface area contributed by atoms with Crippen LogP contribution in [0.1, 0.15) is 13.8 Å². The van der Waals surface area contributed by atoms with Crippen LogP contribution in [0.5, 0.6) is 0 Å². The van der Waals surface area contributed by atoms with Crippen molar-refractivity contribution in [2.75, 3.05) is 19.1 Å². The Kier molecular flexibility index (Phi) is 4.63. The molecule has 0 aromatic carbocycles. The molecule has 0 aliphatic heterocycles. The highest BCUT2D eigenvalue weighted by molar-refractivity contribution is 7.89. The predicted octanol–water partition coefficient (Wildman–Crippen LogP) is 0.0705. The summed E-state index contributed by atoms with van der Waals surface area (Å²) in [5.74, 6) is 5.47. The molecule has 18 heavy (non-hydrogen) atoms. The lowest BCUT2D eigenvalue weighted by molar-refractivity contribution is 0.141. The minimum atomic E-state index is -3.64. The lowest BCUT2D eigenvalue weighted by Crippen LogP contribution is -2.46. The lowest BCUT2D eigenvalue weighted by atomic mass is 10.1. The zero-order chi connectivity index (χ0) is 13.8. The Hall–Kier alpha value is -1.22. The molecule has 4 N–H and O–H groups in total. The van der Waals surface area contributed by atoms with Crippen molar-refractivity contribution in [3.05, 3.63) is 18.3 Å². The van der Waals surface area contributed by atoms with Crippen LogP contribution in [0, 0.1) is 0 Å². The lowest BCUT2D eigenvalue weighted by Gasteiger charge is -2.24. The van der Waals surface area contributed by atoms with E-state index in [-0.39, 0.29) is 17.3 Å². The summed E-state index contributed by atoms with van der Waals surface area (Å²) in [4.78, 5) is 3.94. The second kappa shape index (κ2) is 5.61. The van der Waals surface area contributed by atoms with Crippen LogP contribution in [-0.4, -0.2) is 32.7 Å². The van der Waals surface area contributed by atoms with E-state index in [2.05, 4.69) is 15.1 Å². The Balaban J connectivity index is 2.99. The number of hydrogen-bond donors (Lipinski definition) is 3. The molecule has 1 aromatic heterocycles. The molecule has 7 nitrogen and oxygen atoms in total. The van der Waals surface area contributed by atoms with Gasteiger partial charge in [-0.3, -0.25) is 0 Å². The second-order valence-electron chi connectivity index (χ2n) is 4.44. The first-order chi connectivity index (χ1) is 8.30. The second-order valence-corrected chi connectivity index (χ2v) is 6.13. The molecule has 0 atom stereocenters. The van der Waals surface area contributed by atoms with Crippen LogP contribution in [-0.2, 0) is 14.8 Å². The van der Waals surface area contributed by atoms with Gasteiger partial charge in [0, 0.05) is 19.4 Å². The molecule has 0 spiro atoms. The van der Waals surface area contributed by atoms with E-state index in [1.54, 1.807) is 13.8 Å². The number of pyridine rings is 1. The Labute approximate surface area is 107 Å². The molecule has 0 fully saturated rings. The summed E-state index contributed by atoms with van der Waals surface area (Å²) < 4.78 is 31.8. The van der Waals surface area contributed by atoms with Crippen molar-refractivity contribution in [1.29, 1.82) is 0 Å². The van der Waals surface area contributed by atoms with Gasteiger partial charge in [-0.1, -0.05) is 0 Å². The van der Waals surface area contributed by atoms with Crippen molar-refractivity contribution in [3.63, 3.8) is 0 Å². The molecule has 0 radical (unpaired) electrons. The van der Waals surface area contributed by atoms with Crippen LogP contribution >= 0.6 is 0 Å². The van der Waals surface area contributed by atoms with E-state index in [1.807, 2.05) is 0 Å². The van der Waals surface area contributed by atoms with Gasteiger partial charge in [-0.2, -0.15) is 0 Å². The van der Waals surface area contributed by atoms with Gasteiger partial charge >= 0.3 is 0 Å². The molecule has 1 rings (SSSR count). The van der Waals surface area contributed by atoms with Crippen LogP contribution in [0.4, 0.5) is 5.82 Å². The highest BCUT2D eigenvalue weighted by Gasteiger charge is 2.26. The number of nitrogens with zero attached hydrogens (tertiary/aromatic N) is 1. The van der Waals surface area contributed by atoms with Gasteiger partial charge in [0.05, 0.1) is 17.0 Å². The normalized spacial score (nSPS) is 12.4. The Morgan fingerprint density at radius 1 is 1.50 bits per heavy atom. The van der Waals surface area contributed by atoms with E-state index in [0.717, 1.165) is 0 Å². The standard InChI is InChI=1S/C10H18N4O3S/c1-10(2,7-17-3)14-18(15,16)8-4-5-12-9(6-8)13-11/h4-6,14H,7,11H2,1-3H3,(H,12,13). The third-order valence-electron chi connectivity index (χ3n) is 2.11. The minimum absolute atomic E-state index is 0.0922. The number of ether oxygens (including phenoxy) is 1. The monoisotopic (exact) mass is 274 g/mol. The molecule has 1 heterocycles. The molecule has 0 aliphatic rings. The van der Waals surface area contributed by atoms with Crippen LogP contribution < -0.4 is 16.0 Å². The quantitative estimate of drug-likeness (QED) is 0.500. The van der Waals surface area contributed by atoms with Crippen molar-refractivity contribution in [2.24, 2.45) is 5.84 Å². The van der Waals surface area contributed by atoms with E-state index in [4.69, 9.17) is 10.6 Å². The predicted molar refractivity (Wildman–Crippen MR) is 68.3 cm³/mol. The number of methoxy groups -OCH3 is 1. The van der Waals surface area contributed by atoms with E-state index in [0.29, 0.717) is 0 Å². The number of sulfonamides is 1. The summed E-state index contributed by atoms with van der Waals surface area (Å²) in [5.41, 5.74) is 1.60. The molecule has 0 saturated carbocycles. The largest absolute Gasteiger partial charge is 0.383 e. The fraction of sp³-hybridized carbons (Fsp3) is 0.500. The van der Waals surface area contributed by atoms with Gasteiger partial charge in [0.1, 0.15) is 5.82 Å². The van der Waals surface area contributed by atoms with Gasteiger partial charge in [0.25, 0.3) is 0 Å². The highest BCUT2D eigenvalue weighted by Crippen LogP contribution is 2.15. The maximum Gasteiger partial charge on any atom is 0.241 e. The Morgan fingerprint density at radius 2 is 2.17 bits per heavy atom. The Bertz CT molecular complexity index is 502. The van der Waals surface area contributed by atoms with Crippen LogP contribution in [0.3, 0.4) is 0 Å². The fourth-order valence-electron chi connectivity index (χ4n) is 1.47. The van der Waals surface area contributed by atoms with Crippen molar-refractivity contribution in [2.45, 2.75) is 24.3 Å². The molecule has 8 heteroatoms. The zero-order valence-electron chi connectivity index (χ0n) is 10.6. The van der Waals surface area contributed by atoms with Crippen LogP contribution in [0.15, 0.2) is 23.2 Å². The highest BCUT2D eigenvalue weighted by atomic mass is 32.2. The van der Waals surface area contributed by atoms with Gasteiger partial charge in [-0.05, 0) is 19.9 Å². The first kappa shape index (κ1) is 14.8. The van der Waals surface area contributed by atoms with Gasteiger partial charge in [-0.25, -0.2) is 24.0 Å². The van der Waals surface area contributed by atoms with Crippen molar-refractivity contribution >= 4 is 15.8 Å². The van der Waals surface area contributed by atoms with E-state index in [1.165, 1.54) is 25.4 Å². The zero-order valence-corrected chi connectivity index (χ0v) is 11.4. The Morgan fingerprint density at radius 3 is 2.72 bits per heavy atom. The van der Waals surface area contributed by atoms with Gasteiger partial charge in [0.2, 0.25) is 10.0 Å². The van der Waals surface area contributed by atoms with Gasteiger partial charge < -0.3 is 10.2 Å². The van der Waals surface area contributed by atoms with Gasteiger partial charge in [-0.15, -0.1) is 0 Å². The summed E-state index contributed by atoms with van der Waals surface area (Å²) in [6, 6.07) is 2.75. The van der Waals surface area contributed by atoms with Crippen LogP contribution in [0.25, 0.3) is 0 Å². The summed E-state index contributed by atoms with van der Waals surface area (Å²) >= 11 is 0. The maximum atomic E-state index is 12.1. The first-order valence-corrected chi connectivity index (χ1v) is 6.75. The topological polar surface area (TPSA) is 106 Å². The van der Waals surface area contributed by atoms with E-state index in [9.17, 15) is 8.42 Å². The number of aromatic nitrogens is 1. The maximum absolute atomic E-state index is 12.1. The minimum Gasteiger partial charge on any atom is -0.383 e. The summed E-state index contributed by atoms with van der Waals surface area (Å²) in [5, 5.41) is 0. The molecule has 102 valence electrons. The molecule has 0 amide bonds. The molecular formula is C10H18N4O3S. The number of hydrogen-bond acceptors (Lipinski definition) is 6. The van der Waals surface area contributed by atoms with Crippen molar-refractivity contribution in [1.82, 2.24) is 9.71 Å². The molecule has 0 bridgehead atoms. The first-order valence-electron chi connectivity index (χ1n) is 5.26.